The van der Waals surface area contributed by atoms with Crippen molar-refractivity contribution in [3.63, 3.8) is 0 Å². The van der Waals surface area contributed by atoms with Crippen molar-refractivity contribution in [2.45, 2.75) is 32.6 Å². The van der Waals surface area contributed by atoms with Gasteiger partial charge in [-0.1, -0.05) is 42.8 Å². The van der Waals surface area contributed by atoms with Crippen molar-refractivity contribution in [1.82, 2.24) is 10.2 Å². The lowest BCUT2D eigenvalue weighted by Gasteiger charge is -2.30. The quantitative estimate of drug-likeness (QED) is 0.660. The Morgan fingerprint density at radius 1 is 1.13 bits per heavy atom. The van der Waals surface area contributed by atoms with E-state index in [1.807, 2.05) is 35.2 Å². The third-order valence-electron chi connectivity index (χ3n) is 5.27. The lowest BCUT2D eigenvalue weighted by Crippen LogP contribution is -2.38. The number of piperidine rings is 1. The van der Waals surface area contributed by atoms with Crippen LogP contribution in [0.5, 0.6) is 0 Å². The van der Waals surface area contributed by atoms with Gasteiger partial charge in [-0.25, -0.2) is 0 Å². The summed E-state index contributed by atoms with van der Waals surface area (Å²) in [5.74, 6) is 0.503. The van der Waals surface area contributed by atoms with E-state index in [0.717, 1.165) is 31.5 Å². The fraction of sp³-hybridized carbons (Fsp3) is 0.348. The van der Waals surface area contributed by atoms with Gasteiger partial charge in [0.25, 0.3) is 5.91 Å². The van der Waals surface area contributed by atoms with E-state index in [0.29, 0.717) is 28.6 Å². The van der Waals surface area contributed by atoms with Gasteiger partial charge in [0.15, 0.2) is 5.11 Å². The minimum absolute atomic E-state index is 0.0280. The Bertz CT molecular complexity index is 926. The average molecular weight is 444 g/mol. The molecule has 0 bridgehead atoms. The summed E-state index contributed by atoms with van der Waals surface area (Å²) >= 11 is 11.4. The molecule has 0 unspecified atom stereocenters. The lowest BCUT2D eigenvalue weighted by atomic mass is 9.98. The van der Waals surface area contributed by atoms with Gasteiger partial charge in [-0.05, 0) is 67.2 Å². The third kappa shape index (κ3) is 6.28. The molecule has 0 aliphatic carbocycles. The number of anilines is 1. The number of halogens is 1. The SMILES string of the molecule is CC1CCN(C(=O)c2cccc(NC(=S)NC(=O)CCc3ccccc3Cl)c2)CC1. The molecule has 0 atom stereocenters. The number of thiocarbonyl (C=S) groups is 1. The second kappa shape index (κ2) is 10.5. The Balaban J connectivity index is 1.51. The number of hydrogen-bond acceptors (Lipinski definition) is 3. The third-order valence-corrected chi connectivity index (χ3v) is 5.84. The largest absolute Gasteiger partial charge is 0.339 e. The van der Waals surface area contributed by atoms with Gasteiger partial charge in [0.1, 0.15) is 0 Å². The Morgan fingerprint density at radius 2 is 1.87 bits per heavy atom. The molecule has 1 saturated heterocycles. The maximum absolute atomic E-state index is 12.8. The normalized spacial score (nSPS) is 14.3. The molecule has 1 heterocycles. The highest BCUT2D eigenvalue weighted by Crippen LogP contribution is 2.20. The summed E-state index contributed by atoms with van der Waals surface area (Å²) in [6.07, 6.45) is 2.88. The molecule has 30 heavy (non-hydrogen) atoms. The Hall–Kier alpha value is -2.44. The number of nitrogens with zero attached hydrogens (tertiary/aromatic N) is 1. The predicted molar refractivity (Wildman–Crippen MR) is 125 cm³/mol. The van der Waals surface area contributed by atoms with Crippen LogP contribution >= 0.6 is 23.8 Å². The van der Waals surface area contributed by atoms with E-state index >= 15 is 0 Å². The van der Waals surface area contributed by atoms with Crippen molar-refractivity contribution in [2.24, 2.45) is 5.92 Å². The van der Waals surface area contributed by atoms with E-state index in [1.165, 1.54) is 0 Å². The zero-order valence-corrected chi connectivity index (χ0v) is 18.6. The average Bonchev–Trinajstić information content (AvgIpc) is 2.73. The van der Waals surface area contributed by atoms with E-state index in [4.69, 9.17) is 23.8 Å². The number of aryl methyl sites for hydroxylation is 1. The van der Waals surface area contributed by atoms with Gasteiger partial charge < -0.3 is 15.5 Å². The standard InChI is InChI=1S/C23H26ClN3O2S/c1-16-11-13-27(14-12-16)22(29)18-6-4-7-19(15-18)25-23(30)26-21(28)10-9-17-5-2-3-8-20(17)24/h2-8,15-16H,9-14H2,1H3,(H2,25,26,28,30). The van der Waals surface area contributed by atoms with Gasteiger partial charge in [-0.15, -0.1) is 0 Å². The monoisotopic (exact) mass is 443 g/mol. The Morgan fingerprint density at radius 3 is 2.60 bits per heavy atom. The molecule has 5 nitrogen and oxygen atoms in total. The molecule has 2 aromatic carbocycles. The van der Waals surface area contributed by atoms with E-state index in [9.17, 15) is 9.59 Å². The molecule has 158 valence electrons. The smallest absolute Gasteiger partial charge is 0.253 e. The van der Waals surface area contributed by atoms with Crippen LogP contribution in [0.2, 0.25) is 5.02 Å². The summed E-state index contributed by atoms with van der Waals surface area (Å²) in [5, 5.41) is 6.52. The van der Waals surface area contributed by atoms with Crippen LogP contribution in [-0.4, -0.2) is 34.9 Å². The summed E-state index contributed by atoms with van der Waals surface area (Å²) in [4.78, 5) is 26.8. The zero-order valence-electron chi connectivity index (χ0n) is 17.0. The lowest BCUT2D eigenvalue weighted by molar-refractivity contribution is -0.119. The van der Waals surface area contributed by atoms with Gasteiger partial charge in [0.2, 0.25) is 5.91 Å². The molecule has 7 heteroatoms. The van der Waals surface area contributed by atoms with Crippen LogP contribution in [0.25, 0.3) is 0 Å². The van der Waals surface area contributed by atoms with Gasteiger partial charge in [-0.3, -0.25) is 9.59 Å². The number of nitrogens with one attached hydrogen (secondary N) is 2. The molecule has 0 saturated carbocycles. The van der Waals surface area contributed by atoms with Crippen molar-refractivity contribution in [3.05, 3.63) is 64.7 Å². The number of benzene rings is 2. The van der Waals surface area contributed by atoms with Crippen LogP contribution < -0.4 is 10.6 Å². The van der Waals surface area contributed by atoms with Crippen LogP contribution in [0.1, 0.15) is 42.1 Å². The molecular weight excluding hydrogens is 418 g/mol. The number of hydrogen-bond donors (Lipinski definition) is 2. The Labute approximate surface area is 187 Å². The number of likely N-dealkylation sites (tertiary alicyclic amines) is 1. The summed E-state index contributed by atoms with van der Waals surface area (Å²) in [6.45, 7) is 3.80. The van der Waals surface area contributed by atoms with Crippen molar-refractivity contribution >= 4 is 46.4 Å². The topological polar surface area (TPSA) is 61.4 Å². The van der Waals surface area contributed by atoms with Gasteiger partial charge >= 0.3 is 0 Å². The maximum Gasteiger partial charge on any atom is 0.253 e. The van der Waals surface area contributed by atoms with E-state index in [2.05, 4.69) is 17.6 Å². The number of carbonyl (C=O) groups is 2. The number of rotatable bonds is 5. The van der Waals surface area contributed by atoms with Gasteiger partial charge in [0, 0.05) is 35.8 Å². The van der Waals surface area contributed by atoms with E-state index < -0.39 is 0 Å². The molecule has 2 aromatic rings. The summed E-state index contributed by atoms with van der Waals surface area (Å²) in [5.41, 5.74) is 2.21. The van der Waals surface area contributed by atoms with Crippen molar-refractivity contribution < 1.29 is 9.59 Å². The maximum atomic E-state index is 12.8. The zero-order chi connectivity index (χ0) is 21.5. The number of amides is 2. The van der Waals surface area contributed by atoms with Crippen LogP contribution in [0.4, 0.5) is 5.69 Å². The molecule has 1 aliphatic rings. The molecule has 0 radical (unpaired) electrons. The molecule has 2 amide bonds. The van der Waals surface area contributed by atoms with E-state index in [1.54, 1.807) is 18.2 Å². The van der Waals surface area contributed by atoms with Crippen molar-refractivity contribution in [2.75, 3.05) is 18.4 Å². The van der Waals surface area contributed by atoms with E-state index in [-0.39, 0.29) is 23.3 Å². The number of carbonyl (C=O) groups excluding carboxylic acids is 2. The molecule has 1 aliphatic heterocycles. The fourth-order valence-corrected chi connectivity index (χ4v) is 3.89. The highest BCUT2D eigenvalue weighted by molar-refractivity contribution is 7.80. The molecule has 1 fully saturated rings. The molecule has 0 aromatic heterocycles. The highest BCUT2D eigenvalue weighted by atomic mass is 35.5. The summed E-state index contributed by atoms with van der Waals surface area (Å²) < 4.78 is 0. The van der Waals surface area contributed by atoms with Gasteiger partial charge in [-0.2, -0.15) is 0 Å². The molecule has 0 spiro atoms. The predicted octanol–water partition coefficient (Wildman–Crippen LogP) is 4.66. The van der Waals surface area contributed by atoms with Crippen molar-refractivity contribution in [1.29, 1.82) is 0 Å². The first-order chi connectivity index (χ1) is 14.4. The van der Waals surface area contributed by atoms with Crippen LogP contribution in [0.15, 0.2) is 48.5 Å². The summed E-state index contributed by atoms with van der Waals surface area (Å²) in [6, 6.07) is 14.7. The second-order valence-electron chi connectivity index (χ2n) is 7.65. The second-order valence-corrected chi connectivity index (χ2v) is 8.46. The minimum Gasteiger partial charge on any atom is -0.339 e. The minimum atomic E-state index is -0.193. The van der Waals surface area contributed by atoms with Gasteiger partial charge in [0.05, 0.1) is 0 Å². The molecule has 2 N–H and O–H groups in total. The fourth-order valence-electron chi connectivity index (χ4n) is 3.43. The summed E-state index contributed by atoms with van der Waals surface area (Å²) in [7, 11) is 0. The first-order valence-electron chi connectivity index (χ1n) is 10.2. The van der Waals surface area contributed by atoms with Crippen LogP contribution in [-0.2, 0) is 11.2 Å². The van der Waals surface area contributed by atoms with Crippen LogP contribution in [0, 0.1) is 5.92 Å². The molecule has 3 rings (SSSR count). The Kier molecular flexibility index (Phi) is 7.82. The first-order valence-corrected chi connectivity index (χ1v) is 10.9. The van der Waals surface area contributed by atoms with Crippen LogP contribution in [0.3, 0.4) is 0 Å². The highest BCUT2D eigenvalue weighted by Gasteiger charge is 2.21. The molecular formula is C23H26ClN3O2S. The first kappa shape index (κ1) is 22.2. The van der Waals surface area contributed by atoms with Crippen molar-refractivity contribution in [3.8, 4) is 0 Å².